The van der Waals surface area contributed by atoms with Gasteiger partial charge in [0.15, 0.2) is 0 Å². The van der Waals surface area contributed by atoms with Crippen molar-refractivity contribution in [3.63, 3.8) is 0 Å². The van der Waals surface area contributed by atoms with Gasteiger partial charge in [0.05, 0.1) is 30.6 Å². The summed E-state index contributed by atoms with van der Waals surface area (Å²) in [6.07, 6.45) is 0. The first-order chi connectivity index (χ1) is 11.5. The Labute approximate surface area is 144 Å². The second-order valence-electron chi connectivity index (χ2n) is 5.09. The molecule has 0 spiro atoms. The molecule has 1 N–H and O–H groups in total. The number of benzene rings is 2. The van der Waals surface area contributed by atoms with E-state index in [0.29, 0.717) is 10.6 Å². The van der Waals surface area contributed by atoms with Crippen LogP contribution in [-0.4, -0.2) is 31.3 Å². The third-order valence-corrected chi connectivity index (χ3v) is 4.62. The van der Waals surface area contributed by atoms with E-state index in [1.54, 1.807) is 26.2 Å². The van der Waals surface area contributed by atoms with E-state index in [4.69, 9.17) is 14.6 Å². The highest BCUT2D eigenvalue weighted by molar-refractivity contribution is 7.99. The van der Waals surface area contributed by atoms with E-state index in [1.807, 2.05) is 24.3 Å². The van der Waals surface area contributed by atoms with Crippen LogP contribution in [0.2, 0.25) is 0 Å². The Bertz CT molecular complexity index is 740. The van der Waals surface area contributed by atoms with Gasteiger partial charge in [-0.2, -0.15) is 0 Å². The summed E-state index contributed by atoms with van der Waals surface area (Å²) in [6, 6.07) is 12.2. The number of hydrogen-bond donors (Lipinski definition) is 1. The van der Waals surface area contributed by atoms with Gasteiger partial charge in [-0.1, -0.05) is 23.9 Å². The number of carboxylic acid groups (broad SMARTS) is 1. The van der Waals surface area contributed by atoms with Crippen LogP contribution < -0.4 is 4.74 Å². The highest BCUT2D eigenvalue weighted by Crippen LogP contribution is 2.36. The van der Waals surface area contributed by atoms with E-state index in [2.05, 4.69) is 0 Å². The van der Waals surface area contributed by atoms with Crippen LogP contribution in [0.25, 0.3) is 0 Å². The molecule has 24 heavy (non-hydrogen) atoms. The van der Waals surface area contributed by atoms with E-state index >= 15 is 0 Å². The minimum atomic E-state index is -0.984. The SMILES string of the molecule is COC(=O)C(C)c1ccc(Sc2cc(C(=O)O)ccc2OC)cc1. The molecule has 0 saturated carbocycles. The lowest BCUT2D eigenvalue weighted by molar-refractivity contribution is -0.141. The number of ether oxygens (including phenoxy) is 2. The van der Waals surface area contributed by atoms with Crippen molar-refractivity contribution < 1.29 is 24.2 Å². The molecule has 0 bridgehead atoms. The zero-order valence-electron chi connectivity index (χ0n) is 13.6. The molecule has 2 aromatic rings. The summed E-state index contributed by atoms with van der Waals surface area (Å²) in [6.45, 7) is 1.79. The molecule has 0 aliphatic heterocycles. The molecular weight excluding hydrogens is 328 g/mol. The zero-order valence-corrected chi connectivity index (χ0v) is 14.4. The molecule has 6 heteroatoms. The minimum absolute atomic E-state index is 0.203. The molecule has 126 valence electrons. The van der Waals surface area contributed by atoms with Crippen LogP contribution in [0.1, 0.15) is 28.8 Å². The normalized spacial score (nSPS) is 11.6. The topological polar surface area (TPSA) is 72.8 Å². The molecule has 0 heterocycles. The van der Waals surface area contributed by atoms with Crippen molar-refractivity contribution in [3.05, 3.63) is 53.6 Å². The van der Waals surface area contributed by atoms with Crippen LogP contribution >= 0.6 is 11.8 Å². The van der Waals surface area contributed by atoms with Gasteiger partial charge < -0.3 is 14.6 Å². The fourth-order valence-corrected chi connectivity index (χ4v) is 3.12. The smallest absolute Gasteiger partial charge is 0.335 e. The molecule has 0 fully saturated rings. The maximum absolute atomic E-state index is 11.6. The summed E-state index contributed by atoms with van der Waals surface area (Å²) in [5.74, 6) is -0.996. The highest BCUT2D eigenvalue weighted by atomic mass is 32.2. The minimum Gasteiger partial charge on any atom is -0.496 e. The van der Waals surface area contributed by atoms with Crippen molar-refractivity contribution in [1.29, 1.82) is 0 Å². The van der Waals surface area contributed by atoms with Crippen molar-refractivity contribution in [2.75, 3.05) is 14.2 Å². The Morgan fingerprint density at radius 1 is 1.08 bits per heavy atom. The van der Waals surface area contributed by atoms with Gasteiger partial charge in [-0.3, -0.25) is 4.79 Å². The lowest BCUT2D eigenvalue weighted by atomic mass is 10.0. The lowest BCUT2D eigenvalue weighted by Crippen LogP contribution is -2.10. The molecule has 0 aromatic heterocycles. The zero-order chi connectivity index (χ0) is 17.7. The maximum atomic E-state index is 11.6. The standard InChI is InChI=1S/C18H18O5S/c1-11(18(21)23-3)12-4-7-14(8-5-12)24-16-10-13(17(19)20)6-9-15(16)22-2/h4-11H,1-3H3,(H,19,20). The van der Waals surface area contributed by atoms with Gasteiger partial charge in [-0.05, 0) is 42.8 Å². The average molecular weight is 346 g/mol. The Morgan fingerprint density at radius 3 is 2.29 bits per heavy atom. The van der Waals surface area contributed by atoms with Crippen LogP contribution in [0.5, 0.6) is 5.75 Å². The second kappa shape index (κ2) is 7.88. The molecule has 5 nitrogen and oxygen atoms in total. The van der Waals surface area contributed by atoms with Crippen LogP contribution in [0.15, 0.2) is 52.3 Å². The largest absolute Gasteiger partial charge is 0.496 e. The number of carboxylic acids is 1. The number of aromatic carboxylic acids is 1. The first kappa shape index (κ1) is 17.9. The van der Waals surface area contributed by atoms with Crippen LogP contribution in [0.4, 0.5) is 0 Å². The van der Waals surface area contributed by atoms with E-state index in [1.165, 1.54) is 24.9 Å². The first-order valence-corrected chi connectivity index (χ1v) is 8.05. The Hall–Kier alpha value is -2.47. The molecule has 1 atom stereocenters. The van der Waals surface area contributed by atoms with Gasteiger partial charge in [-0.15, -0.1) is 0 Å². The number of methoxy groups -OCH3 is 2. The number of carbonyl (C=O) groups excluding carboxylic acids is 1. The van der Waals surface area contributed by atoms with Gasteiger partial charge in [-0.25, -0.2) is 4.79 Å². The van der Waals surface area contributed by atoms with Crippen molar-refractivity contribution in [2.24, 2.45) is 0 Å². The van der Waals surface area contributed by atoms with Gasteiger partial charge in [0.25, 0.3) is 0 Å². The Kier molecular flexibility index (Phi) is 5.87. The maximum Gasteiger partial charge on any atom is 0.335 e. The van der Waals surface area contributed by atoms with Crippen molar-refractivity contribution in [3.8, 4) is 5.75 Å². The fraction of sp³-hybridized carbons (Fsp3) is 0.222. The molecule has 0 amide bonds. The van der Waals surface area contributed by atoms with Gasteiger partial charge in [0, 0.05) is 4.90 Å². The highest BCUT2D eigenvalue weighted by Gasteiger charge is 2.16. The van der Waals surface area contributed by atoms with E-state index in [0.717, 1.165) is 10.5 Å². The van der Waals surface area contributed by atoms with Crippen LogP contribution in [0.3, 0.4) is 0 Å². The van der Waals surface area contributed by atoms with Gasteiger partial charge >= 0.3 is 11.9 Å². The molecule has 0 radical (unpaired) electrons. The quantitative estimate of drug-likeness (QED) is 0.802. The van der Waals surface area contributed by atoms with Crippen LogP contribution in [-0.2, 0) is 9.53 Å². The monoisotopic (exact) mass is 346 g/mol. The number of esters is 1. The van der Waals surface area contributed by atoms with Crippen molar-refractivity contribution >= 4 is 23.7 Å². The third kappa shape index (κ3) is 4.08. The third-order valence-electron chi connectivity index (χ3n) is 3.57. The summed E-state index contributed by atoms with van der Waals surface area (Å²) in [5.41, 5.74) is 1.06. The molecule has 1 unspecified atom stereocenters. The molecule has 0 aliphatic carbocycles. The number of hydrogen-bond acceptors (Lipinski definition) is 5. The second-order valence-corrected chi connectivity index (χ2v) is 6.20. The summed E-state index contributed by atoms with van der Waals surface area (Å²) in [5, 5.41) is 9.12. The summed E-state index contributed by atoms with van der Waals surface area (Å²) < 4.78 is 10.0. The van der Waals surface area contributed by atoms with Crippen molar-refractivity contribution in [1.82, 2.24) is 0 Å². The molecular formula is C18H18O5S. The van der Waals surface area contributed by atoms with E-state index < -0.39 is 5.97 Å². The van der Waals surface area contributed by atoms with E-state index in [-0.39, 0.29) is 17.5 Å². The summed E-state index contributed by atoms with van der Waals surface area (Å²) in [7, 11) is 2.91. The number of carbonyl (C=O) groups is 2. The summed E-state index contributed by atoms with van der Waals surface area (Å²) in [4.78, 5) is 24.3. The molecule has 0 aliphatic rings. The predicted molar refractivity (Wildman–Crippen MR) is 90.9 cm³/mol. The molecule has 2 aromatic carbocycles. The van der Waals surface area contributed by atoms with Gasteiger partial charge in [0.2, 0.25) is 0 Å². The molecule has 0 saturated heterocycles. The first-order valence-electron chi connectivity index (χ1n) is 7.23. The lowest BCUT2D eigenvalue weighted by Gasteiger charge is -2.11. The van der Waals surface area contributed by atoms with Gasteiger partial charge in [0.1, 0.15) is 5.75 Å². The number of rotatable bonds is 6. The Balaban J connectivity index is 2.24. The van der Waals surface area contributed by atoms with Crippen LogP contribution in [0, 0.1) is 0 Å². The molecule has 2 rings (SSSR count). The summed E-state index contributed by atoms with van der Waals surface area (Å²) >= 11 is 1.40. The predicted octanol–water partition coefficient (Wildman–Crippen LogP) is 3.82. The Morgan fingerprint density at radius 2 is 1.75 bits per heavy atom. The van der Waals surface area contributed by atoms with Crippen molar-refractivity contribution in [2.45, 2.75) is 22.6 Å². The van der Waals surface area contributed by atoms with E-state index in [9.17, 15) is 9.59 Å². The fourth-order valence-electron chi connectivity index (χ4n) is 2.15. The average Bonchev–Trinajstić information content (AvgIpc) is 2.60.